The fraction of sp³-hybridized carbons (Fsp3) is 0.231. The molecule has 0 unspecified atom stereocenters. The van der Waals surface area contributed by atoms with Crippen molar-refractivity contribution in [3.63, 3.8) is 0 Å². The summed E-state index contributed by atoms with van der Waals surface area (Å²) in [5, 5.41) is 12.9. The molecule has 0 fully saturated rings. The third-order valence-electron chi connectivity index (χ3n) is 2.64. The fourth-order valence-corrected chi connectivity index (χ4v) is 2.38. The Kier molecular flexibility index (Phi) is 3.94. The second-order valence-corrected chi connectivity index (χ2v) is 4.88. The van der Waals surface area contributed by atoms with Gasteiger partial charge in [-0.15, -0.1) is 11.3 Å². The lowest BCUT2D eigenvalue weighted by Gasteiger charge is -2.19. The van der Waals surface area contributed by atoms with Crippen molar-refractivity contribution in [2.75, 3.05) is 6.54 Å². The minimum Gasteiger partial charge on any atom is -0.619 e. The number of rotatable bonds is 4. The van der Waals surface area contributed by atoms with Crippen molar-refractivity contribution >= 4 is 17.2 Å². The second kappa shape index (κ2) is 5.64. The molecule has 0 aliphatic heterocycles. The Morgan fingerprint density at radius 2 is 2.11 bits per heavy atom. The number of amides is 1. The molecule has 18 heavy (non-hydrogen) atoms. The summed E-state index contributed by atoms with van der Waals surface area (Å²) >= 11 is 1.63. The lowest BCUT2D eigenvalue weighted by Crippen LogP contribution is -2.31. The van der Waals surface area contributed by atoms with Crippen LogP contribution in [-0.2, 0) is 6.54 Å². The number of nitrogens with zero attached hydrogens (tertiary/aromatic N) is 2. The Morgan fingerprint density at radius 1 is 1.39 bits per heavy atom. The molecule has 0 atom stereocenters. The average molecular weight is 262 g/mol. The van der Waals surface area contributed by atoms with E-state index in [-0.39, 0.29) is 5.91 Å². The summed E-state index contributed by atoms with van der Waals surface area (Å²) in [6, 6.07) is 7.08. The zero-order valence-electron chi connectivity index (χ0n) is 10.1. The van der Waals surface area contributed by atoms with Gasteiger partial charge in [0.2, 0.25) is 0 Å². The van der Waals surface area contributed by atoms with Gasteiger partial charge in [0, 0.05) is 23.6 Å². The van der Waals surface area contributed by atoms with E-state index < -0.39 is 0 Å². The standard InChI is InChI=1S/C13H14N2O2S/c1-2-14(10-12-4-3-9-18-12)13(16)11-5-7-15(17)8-6-11/h3-9H,2,10H2,1H3. The Balaban J connectivity index is 2.12. The van der Waals surface area contributed by atoms with Crippen LogP contribution in [0.3, 0.4) is 0 Å². The van der Waals surface area contributed by atoms with E-state index in [4.69, 9.17) is 0 Å². The zero-order chi connectivity index (χ0) is 13.0. The van der Waals surface area contributed by atoms with Crippen LogP contribution >= 0.6 is 11.3 Å². The van der Waals surface area contributed by atoms with Gasteiger partial charge in [0.05, 0.1) is 12.1 Å². The Bertz CT molecular complexity index is 508. The third kappa shape index (κ3) is 2.87. The molecule has 2 aromatic rings. The number of hydrogen-bond donors (Lipinski definition) is 0. The van der Waals surface area contributed by atoms with Crippen molar-refractivity contribution in [3.8, 4) is 0 Å². The Labute approximate surface area is 110 Å². The van der Waals surface area contributed by atoms with Crippen molar-refractivity contribution in [1.82, 2.24) is 4.90 Å². The van der Waals surface area contributed by atoms with Gasteiger partial charge in [0.1, 0.15) is 0 Å². The topological polar surface area (TPSA) is 47.2 Å². The molecular formula is C13H14N2O2S. The van der Waals surface area contributed by atoms with Crippen molar-refractivity contribution in [2.45, 2.75) is 13.5 Å². The first kappa shape index (κ1) is 12.6. The van der Waals surface area contributed by atoms with Gasteiger partial charge in [-0.05, 0) is 18.4 Å². The largest absolute Gasteiger partial charge is 0.619 e. The van der Waals surface area contributed by atoms with Gasteiger partial charge < -0.3 is 10.1 Å². The molecule has 2 aromatic heterocycles. The van der Waals surface area contributed by atoms with Crippen LogP contribution in [0.15, 0.2) is 42.0 Å². The monoisotopic (exact) mass is 262 g/mol. The maximum Gasteiger partial charge on any atom is 0.254 e. The van der Waals surface area contributed by atoms with E-state index in [2.05, 4.69) is 0 Å². The molecule has 0 N–H and O–H groups in total. The van der Waals surface area contributed by atoms with Crippen molar-refractivity contribution in [1.29, 1.82) is 0 Å². The molecule has 94 valence electrons. The van der Waals surface area contributed by atoms with Crippen LogP contribution in [-0.4, -0.2) is 17.4 Å². The van der Waals surface area contributed by atoms with Crippen LogP contribution < -0.4 is 4.73 Å². The van der Waals surface area contributed by atoms with Gasteiger partial charge in [0.25, 0.3) is 5.91 Å². The molecule has 0 aromatic carbocycles. The Hall–Kier alpha value is -1.88. The first-order valence-electron chi connectivity index (χ1n) is 5.71. The van der Waals surface area contributed by atoms with Crippen LogP contribution in [0, 0.1) is 5.21 Å². The van der Waals surface area contributed by atoms with Gasteiger partial charge >= 0.3 is 0 Å². The number of thiophene rings is 1. The SMILES string of the molecule is CCN(Cc1cccs1)C(=O)c1cc[n+]([O-])cc1. The van der Waals surface area contributed by atoms with Crippen LogP contribution in [0.4, 0.5) is 0 Å². The van der Waals surface area contributed by atoms with Crippen LogP contribution in [0.25, 0.3) is 0 Å². The molecule has 5 heteroatoms. The minimum atomic E-state index is -0.0495. The second-order valence-electron chi connectivity index (χ2n) is 3.85. The fourth-order valence-electron chi connectivity index (χ4n) is 1.66. The number of aromatic nitrogens is 1. The van der Waals surface area contributed by atoms with E-state index in [1.54, 1.807) is 28.4 Å². The summed E-state index contributed by atoms with van der Waals surface area (Å²) in [6.07, 6.45) is 2.68. The van der Waals surface area contributed by atoms with Crippen molar-refractivity contribution in [3.05, 3.63) is 57.7 Å². The summed E-state index contributed by atoms with van der Waals surface area (Å²) < 4.78 is 0.673. The van der Waals surface area contributed by atoms with E-state index in [1.807, 2.05) is 24.4 Å². The summed E-state index contributed by atoms with van der Waals surface area (Å²) in [7, 11) is 0. The average Bonchev–Trinajstić information content (AvgIpc) is 2.89. The first-order valence-corrected chi connectivity index (χ1v) is 6.59. The molecule has 0 bridgehead atoms. The van der Waals surface area contributed by atoms with Crippen molar-refractivity contribution in [2.24, 2.45) is 0 Å². The zero-order valence-corrected chi connectivity index (χ0v) is 10.9. The van der Waals surface area contributed by atoms with Crippen LogP contribution in [0.5, 0.6) is 0 Å². The van der Waals surface area contributed by atoms with E-state index in [0.29, 0.717) is 23.4 Å². The summed E-state index contributed by atoms with van der Waals surface area (Å²) in [4.78, 5) is 15.1. The van der Waals surface area contributed by atoms with E-state index in [0.717, 1.165) is 4.88 Å². The lowest BCUT2D eigenvalue weighted by atomic mass is 10.2. The molecule has 0 aliphatic rings. The molecule has 0 aliphatic carbocycles. The number of carbonyl (C=O) groups is 1. The van der Waals surface area contributed by atoms with E-state index in [9.17, 15) is 10.0 Å². The number of carbonyl (C=O) groups excluding carboxylic acids is 1. The predicted molar refractivity (Wildman–Crippen MR) is 70.1 cm³/mol. The molecule has 0 spiro atoms. The Morgan fingerprint density at radius 3 is 2.67 bits per heavy atom. The molecule has 2 heterocycles. The van der Waals surface area contributed by atoms with Gasteiger partial charge in [-0.3, -0.25) is 4.79 Å². The molecule has 0 saturated carbocycles. The van der Waals surface area contributed by atoms with Crippen molar-refractivity contribution < 1.29 is 9.52 Å². The molecule has 0 saturated heterocycles. The molecule has 4 nitrogen and oxygen atoms in total. The van der Waals surface area contributed by atoms with Gasteiger partial charge in [-0.25, -0.2) is 0 Å². The van der Waals surface area contributed by atoms with Crippen LogP contribution in [0.2, 0.25) is 0 Å². The molecular weight excluding hydrogens is 248 g/mol. The maximum absolute atomic E-state index is 12.2. The van der Waals surface area contributed by atoms with E-state index in [1.165, 1.54) is 12.4 Å². The molecule has 1 amide bonds. The third-order valence-corrected chi connectivity index (χ3v) is 3.51. The predicted octanol–water partition coefficient (Wildman–Crippen LogP) is 2.04. The highest BCUT2D eigenvalue weighted by Gasteiger charge is 2.15. The highest BCUT2D eigenvalue weighted by Crippen LogP contribution is 2.13. The smallest absolute Gasteiger partial charge is 0.254 e. The normalized spacial score (nSPS) is 10.3. The van der Waals surface area contributed by atoms with Crippen LogP contribution in [0.1, 0.15) is 22.2 Å². The molecule has 2 rings (SSSR count). The maximum atomic E-state index is 12.2. The summed E-state index contributed by atoms with van der Waals surface area (Å²) in [6.45, 7) is 3.20. The minimum absolute atomic E-state index is 0.0495. The summed E-state index contributed by atoms with van der Waals surface area (Å²) in [5.41, 5.74) is 0.542. The highest BCUT2D eigenvalue weighted by atomic mass is 32.1. The van der Waals surface area contributed by atoms with Gasteiger partial charge in [-0.2, -0.15) is 4.73 Å². The van der Waals surface area contributed by atoms with Gasteiger partial charge in [0.15, 0.2) is 12.4 Å². The molecule has 0 radical (unpaired) electrons. The highest BCUT2D eigenvalue weighted by molar-refractivity contribution is 7.09. The quantitative estimate of drug-likeness (QED) is 0.625. The number of hydrogen-bond acceptors (Lipinski definition) is 3. The number of pyridine rings is 1. The first-order chi connectivity index (χ1) is 8.70. The van der Waals surface area contributed by atoms with Gasteiger partial charge in [-0.1, -0.05) is 6.07 Å². The summed E-state index contributed by atoms with van der Waals surface area (Å²) in [5.74, 6) is -0.0495. The lowest BCUT2D eigenvalue weighted by molar-refractivity contribution is -0.605. The van der Waals surface area contributed by atoms with E-state index >= 15 is 0 Å².